The first-order chi connectivity index (χ1) is 5.60. The van der Waals surface area contributed by atoms with Gasteiger partial charge in [0.1, 0.15) is 24.3 Å². The molecule has 0 amide bonds. The third-order valence-electron chi connectivity index (χ3n) is 4.06. The molecule has 3 nitrogen and oxygen atoms in total. The van der Waals surface area contributed by atoms with Gasteiger partial charge in [0.2, 0.25) is 0 Å². The van der Waals surface area contributed by atoms with Crippen LogP contribution in [0.3, 0.4) is 0 Å². The summed E-state index contributed by atoms with van der Waals surface area (Å²) in [7, 11) is 4.55. The van der Waals surface area contributed by atoms with Crippen molar-refractivity contribution < 1.29 is 14.3 Å². The van der Waals surface area contributed by atoms with E-state index in [4.69, 9.17) is 4.74 Å². The summed E-state index contributed by atoms with van der Waals surface area (Å²) in [5.74, 6) is 0. The molecule has 68 valence electrons. The van der Waals surface area contributed by atoms with Gasteiger partial charge in [0.25, 0.3) is 0 Å². The van der Waals surface area contributed by atoms with Gasteiger partial charge in [0.15, 0.2) is 0 Å². The number of epoxide rings is 1. The van der Waals surface area contributed by atoms with Gasteiger partial charge in [-0.2, -0.15) is 0 Å². The number of piperidine rings is 1. The van der Waals surface area contributed by atoms with Crippen LogP contribution in [0.4, 0.5) is 0 Å². The van der Waals surface area contributed by atoms with Gasteiger partial charge in [-0.1, -0.05) is 0 Å². The number of nitrogens with zero attached hydrogens (tertiary/aromatic N) is 1. The lowest BCUT2D eigenvalue weighted by molar-refractivity contribution is -0.938. The van der Waals surface area contributed by atoms with Crippen LogP contribution in [0.5, 0.6) is 0 Å². The third-order valence-corrected chi connectivity index (χ3v) is 4.06. The van der Waals surface area contributed by atoms with E-state index in [0.717, 1.165) is 17.3 Å². The molecule has 0 aliphatic carbocycles. The summed E-state index contributed by atoms with van der Waals surface area (Å²) in [6.07, 6.45) is 2.75. The summed E-state index contributed by atoms with van der Waals surface area (Å²) in [4.78, 5) is 0. The molecule has 3 fully saturated rings. The van der Waals surface area contributed by atoms with Crippen LogP contribution in [0, 0.1) is 0 Å². The highest BCUT2D eigenvalue weighted by atomic mass is 16.6. The maximum Gasteiger partial charge on any atom is 0.142 e. The molecular formula is C9H16NO2+. The van der Waals surface area contributed by atoms with Gasteiger partial charge >= 0.3 is 0 Å². The van der Waals surface area contributed by atoms with Gasteiger partial charge in [0, 0.05) is 12.8 Å². The van der Waals surface area contributed by atoms with Crippen molar-refractivity contribution in [2.45, 2.75) is 43.2 Å². The first-order valence-corrected chi connectivity index (χ1v) is 4.77. The second-order valence-corrected chi connectivity index (χ2v) is 4.95. The van der Waals surface area contributed by atoms with Crippen molar-refractivity contribution in [3.63, 3.8) is 0 Å². The Kier molecular flexibility index (Phi) is 1.13. The molecule has 0 aromatic carbocycles. The van der Waals surface area contributed by atoms with E-state index in [1.54, 1.807) is 0 Å². The van der Waals surface area contributed by atoms with Crippen molar-refractivity contribution in [2.24, 2.45) is 0 Å². The molecule has 3 saturated heterocycles. The molecule has 3 heteroatoms. The maximum absolute atomic E-state index is 9.60. The fourth-order valence-electron chi connectivity index (χ4n) is 3.22. The number of fused-ring (bicyclic) bond motifs is 5. The highest BCUT2D eigenvalue weighted by Crippen LogP contribution is 2.50. The molecule has 3 heterocycles. The topological polar surface area (TPSA) is 32.8 Å². The number of aliphatic hydroxyl groups excluding tert-OH is 1. The number of hydrogen-bond acceptors (Lipinski definition) is 2. The molecule has 0 spiro atoms. The van der Waals surface area contributed by atoms with Gasteiger partial charge in [-0.25, -0.2) is 0 Å². The fraction of sp³-hybridized carbons (Fsp3) is 1.00. The van der Waals surface area contributed by atoms with Crippen molar-refractivity contribution in [1.82, 2.24) is 0 Å². The predicted molar refractivity (Wildman–Crippen MR) is 43.6 cm³/mol. The Morgan fingerprint density at radius 3 is 2.17 bits per heavy atom. The van der Waals surface area contributed by atoms with Crippen LogP contribution in [-0.2, 0) is 4.74 Å². The van der Waals surface area contributed by atoms with Crippen molar-refractivity contribution in [3.05, 3.63) is 0 Å². The Labute approximate surface area is 72.5 Å². The number of rotatable bonds is 0. The average Bonchev–Trinajstić information content (AvgIpc) is 2.66. The van der Waals surface area contributed by atoms with Crippen LogP contribution < -0.4 is 0 Å². The lowest BCUT2D eigenvalue weighted by Gasteiger charge is -2.44. The van der Waals surface area contributed by atoms with E-state index in [1.165, 1.54) is 0 Å². The van der Waals surface area contributed by atoms with E-state index in [-0.39, 0.29) is 6.10 Å². The smallest absolute Gasteiger partial charge is 0.142 e. The van der Waals surface area contributed by atoms with Crippen LogP contribution in [0.25, 0.3) is 0 Å². The summed E-state index contributed by atoms with van der Waals surface area (Å²) >= 11 is 0. The molecule has 12 heavy (non-hydrogen) atoms. The van der Waals surface area contributed by atoms with Crippen LogP contribution in [0.2, 0.25) is 0 Å². The highest BCUT2D eigenvalue weighted by Gasteiger charge is 2.70. The summed E-state index contributed by atoms with van der Waals surface area (Å²) in [5, 5.41) is 9.60. The molecule has 2 bridgehead atoms. The van der Waals surface area contributed by atoms with E-state index in [1.807, 2.05) is 0 Å². The summed E-state index contributed by atoms with van der Waals surface area (Å²) in [6.45, 7) is 0. The van der Waals surface area contributed by atoms with Crippen LogP contribution in [0.1, 0.15) is 12.8 Å². The van der Waals surface area contributed by atoms with E-state index in [2.05, 4.69) is 14.1 Å². The second-order valence-electron chi connectivity index (χ2n) is 4.95. The standard InChI is InChI=1S/C9H16NO2/c1-10(2)6-3-5(11)4-7(10)9-8(6)12-9/h5-9,11H,3-4H2,1-2H3/q+1/t6-,7-,8+,9+/m0/s1. The zero-order chi connectivity index (χ0) is 8.51. The van der Waals surface area contributed by atoms with Crippen LogP contribution in [0.15, 0.2) is 0 Å². The SMILES string of the molecule is C[N+]1(C)[C@H]2CC(O)C[C@H]1[C@H]1O[C@@H]12. The normalized spacial score (nSPS) is 59.8. The predicted octanol–water partition coefficient (Wildman–Crippen LogP) is -0.264. The quantitative estimate of drug-likeness (QED) is 0.401. The number of morpholine rings is 1. The Morgan fingerprint density at radius 2 is 1.67 bits per heavy atom. The molecule has 0 radical (unpaired) electrons. The summed E-state index contributed by atoms with van der Waals surface area (Å²) < 4.78 is 6.65. The lowest BCUT2D eigenvalue weighted by Crippen LogP contribution is -2.59. The van der Waals surface area contributed by atoms with E-state index in [9.17, 15) is 5.11 Å². The summed E-state index contributed by atoms with van der Waals surface area (Å²) in [5.41, 5.74) is 0. The van der Waals surface area contributed by atoms with Gasteiger partial charge in [-0.3, -0.25) is 0 Å². The molecule has 4 atom stereocenters. The number of ether oxygens (including phenoxy) is 1. The van der Waals surface area contributed by atoms with Crippen LogP contribution in [-0.4, -0.2) is 54.1 Å². The number of likely N-dealkylation sites (N-methyl/N-ethyl adjacent to an activating group) is 1. The lowest BCUT2D eigenvalue weighted by atomic mass is 9.97. The third kappa shape index (κ3) is 0.679. The molecule has 0 saturated carbocycles. The molecule has 0 unspecified atom stereocenters. The number of aliphatic hydroxyl groups is 1. The zero-order valence-corrected chi connectivity index (χ0v) is 7.60. The van der Waals surface area contributed by atoms with E-state index >= 15 is 0 Å². The molecule has 3 aliphatic rings. The van der Waals surface area contributed by atoms with E-state index in [0.29, 0.717) is 24.3 Å². The Morgan fingerprint density at radius 1 is 1.17 bits per heavy atom. The van der Waals surface area contributed by atoms with Gasteiger partial charge in [-0.15, -0.1) is 0 Å². The van der Waals surface area contributed by atoms with Crippen molar-refractivity contribution in [3.8, 4) is 0 Å². The Hall–Kier alpha value is -0.120. The maximum atomic E-state index is 9.60. The minimum atomic E-state index is -0.0671. The second kappa shape index (κ2) is 1.86. The molecule has 0 aromatic rings. The number of quaternary nitrogens is 1. The summed E-state index contributed by atoms with van der Waals surface area (Å²) in [6, 6.07) is 1.12. The Balaban J connectivity index is 1.96. The first-order valence-electron chi connectivity index (χ1n) is 4.77. The van der Waals surface area contributed by atoms with Gasteiger partial charge < -0.3 is 14.3 Å². The molecular weight excluding hydrogens is 154 g/mol. The minimum absolute atomic E-state index is 0.0671. The monoisotopic (exact) mass is 170 g/mol. The average molecular weight is 170 g/mol. The van der Waals surface area contributed by atoms with Crippen molar-refractivity contribution in [2.75, 3.05) is 14.1 Å². The molecule has 3 rings (SSSR count). The molecule has 1 N–H and O–H groups in total. The van der Waals surface area contributed by atoms with Gasteiger partial charge in [-0.05, 0) is 0 Å². The van der Waals surface area contributed by atoms with E-state index < -0.39 is 0 Å². The van der Waals surface area contributed by atoms with Crippen LogP contribution >= 0.6 is 0 Å². The highest BCUT2D eigenvalue weighted by molar-refractivity contribution is 5.07. The molecule has 3 aliphatic heterocycles. The van der Waals surface area contributed by atoms with Crippen molar-refractivity contribution >= 4 is 0 Å². The fourth-order valence-corrected chi connectivity index (χ4v) is 3.22. The minimum Gasteiger partial charge on any atom is -0.393 e. The van der Waals surface area contributed by atoms with Crippen molar-refractivity contribution in [1.29, 1.82) is 0 Å². The Bertz CT molecular complexity index is 209. The zero-order valence-electron chi connectivity index (χ0n) is 7.60. The largest absolute Gasteiger partial charge is 0.393 e. The number of hydrogen-bond donors (Lipinski definition) is 1. The first kappa shape index (κ1) is 7.30. The molecule has 0 aromatic heterocycles. The van der Waals surface area contributed by atoms with Gasteiger partial charge in [0.05, 0.1) is 20.2 Å².